The van der Waals surface area contributed by atoms with Gasteiger partial charge in [-0.25, -0.2) is 4.98 Å². The number of nitrogens with zero attached hydrogens (tertiary/aromatic N) is 4. The van der Waals surface area contributed by atoms with Gasteiger partial charge in [0.1, 0.15) is 5.56 Å². The number of amides is 1. The lowest BCUT2D eigenvalue weighted by Crippen LogP contribution is -2.12. The fourth-order valence-corrected chi connectivity index (χ4v) is 3.69. The topological polar surface area (TPSA) is 74.0 Å². The van der Waals surface area contributed by atoms with Crippen molar-refractivity contribution in [3.63, 3.8) is 0 Å². The molecule has 0 saturated heterocycles. The first-order valence-corrected chi connectivity index (χ1v) is 8.82. The molecule has 0 aliphatic carbocycles. The van der Waals surface area contributed by atoms with E-state index in [9.17, 15) is 4.79 Å². The van der Waals surface area contributed by atoms with Crippen molar-refractivity contribution < 1.29 is 9.53 Å². The quantitative estimate of drug-likeness (QED) is 0.779. The predicted molar refractivity (Wildman–Crippen MR) is 96.1 cm³/mol. The predicted octanol–water partition coefficient (Wildman–Crippen LogP) is 2.65. The van der Waals surface area contributed by atoms with Gasteiger partial charge in [0.05, 0.1) is 12.8 Å². The largest absolute Gasteiger partial charge is 0.479 e. The van der Waals surface area contributed by atoms with Gasteiger partial charge in [0.2, 0.25) is 5.88 Å². The number of carbonyl (C=O) groups excluding carboxylic acids is 1. The highest BCUT2D eigenvalue weighted by molar-refractivity contribution is 7.99. The van der Waals surface area contributed by atoms with Gasteiger partial charge >= 0.3 is 0 Å². The van der Waals surface area contributed by atoms with Crippen LogP contribution in [0.5, 0.6) is 5.88 Å². The Morgan fingerprint density at radius 2 is 2.08 bits per heavy atom. The fourth-order valence-electron chi connectivity index (χ4n) is 2.75. The van der Waals surface area contributed by atoms with Crippen molar-refractivity contribution in [1.82, 2.24) is 19.3 Å². The van der Waals surface area contributed by atoms with Crippen molar-refractivity contribution in [1.29, 1.82) is 0 Å². The monoisotopic (exact) mass is 355 g/mol. The van der Waals surface area contributed by atoms with Crippen molar-refractivity contribution >= 4 is 23.4 Å². The Bertz CT molecular complexity index is 908. The van der Waals surface area contributed by atoms with E-state index in [0.29, 0.717) is 17.1 Å². The minimum atomic E-state index is -0.255. The van der Waals surface area contributed by atoms with Crippen LogP contribution in [-0.4, -0.2) is 38.1 Å². The molecule has 0 bridgehead atoms. The van der Waals surface area contributed by atoms with Gasteiger partial charge in [0.15, 0.2) is 5.16 Å². The van der Waals surface area contributed by atoms with Crippen LogP contribution in [0, 0.1) is 0 Å². The zero-order valence-electron chi connectivity index (χ0n) is 13.9. The second kappa shape index (κ2) is 6.29. The van der Waals surface area contributed by atoms with Crippen LogP contribution in [0.1, 0.15) is 10.4 Å². The summed E-state index contributed by atoms with van der Waals surface area (Å²) in [5.74, 6) is 1.14. The number of aromatic nitrogens is 4. The van der Waals surface area contributed by atoms with E-state index < -0.39 is 0 Å². The number of anilines is 1. The van der Waals surface area contributed by atoms with Gasteiger partial charge in [-0.3, -0.25) is 9.48 Å². The number of hydrogen-bond donors (Lipinski definition) is 1. The van der Waals surface area contributed by atoms with E-state index in [1.807, 2.05) is 24.3 Å². The highest BCUT2D eigenvalue weighted by Crippen LogP contribution is 2.29. The van der Waals surface area contributed by atoms with Gasteiger partial charge < -0.3 is 14.6 Å². The first-order chi connectivity index (χ1) is 12.1. The molecule has 0 saturated carbocycles. The van der Waals surface area contributed by atoms with Gasteiger partial charge in [-0.1, -0.05) is 23.9 Å². The Hall–Kier alpha value is -2.74. The summed E-state index contributed by atoms with van der Waals surface area (Å²) in [4.78, 5) is 17.0. The van der Waals surface area contributed by atoms with Crippen molar-refractivity contribution in [3.05, 3.63) is 42.2 Å². The number of methoxy groups -OCH3 is 1. The number of imidazole rings is 1. The van der Waals surface area contributed by atoms with E-state index in [4.69, 9.17) is 4.74 Å². The molecule has 128 valence electrons. The van der Waals surface area contributed by atoms with Crippen molar-refractivity contribution in [2.75, 3.05) is 18.2 Å². The molecule has 1 aromatic carbocycles. The van der Waals surface area contributed by atoms with E-state index in [1.165, 1.54) is 7.11 Å². The zero-order valence-corrected chi connectivity index (χ0v) is 14.7. The maximum atomic E-state index is 12.4. The molecule has 1 amide bonds. The lowest BCUT2D eigenvalue weighted by molar-refractivity contribution is 0.102. The number of hydrogen-bond acceptors (Lipinski definition) is 5. The number of benzene rings is 1. The van der Waals surface area contributed by atoms with Gasteiger partial charge in [-0.2, -0.15) is 0 Å². The average molecular weight is 355 g/mol. The maximum Gasteiger partial charge on any atom is 0.262 e. The third-order valence-corrected chi connectivity index (χ3v) is 4.95. The maximum absolute atomic E-state index is 12.4. The minimum Gasteiger partial charge on any atom is -0.479 e. The summed E-state index contributed by atoms with van der Waals surface area (Å²) in [5, 5.41) is 8.02. The van der Waals surface area contributed by atoms with E-state index in [-0.39, 0.29) is 5.91 Å². The third kappa shape index (κ3) is 3.00. The van der Waals surface area contributed by atoms with Crippen LogP contribution in [0.4, 0.5) is 5.69 Å². The van der Waals surface area contributed by atoms with E-state index in [2.05, 4.69) is 26.2 Å². The van der Waals surface area contributed by atoms with Crippen LogP contribution in [-0.2, 0) is 13.6 Å². The molecule has 8 heteroatoms. The van der Waals surface area contributed by atoms with Crippen LogP contribution in [0.3, 0.4) is 0 Å². The standard InChI is InChI=1S/C17H17N5O2S/c1-21-9-13(16(20-21)24-2)15(23)18-12-5-3-11(4-6-12)14-10-22-7-8-25-17(22)19-14/h3-6,9-10H,7-8H2,1-2H3,(H,18,23). The van der Waals surface area contributed by atoms with E-state index >= 15 is 0 Å². The van der Waals surface area contributed by atoms with Gasteiger partial charge in [-0.05, 0) is 12.1 Å². The molecular formula is C17H17N5O2S. The summed E-state index contributed by atoms with van der Waals surface area (Å²) in [7, 11) is 3.24. The zero-order chi connectivity index (χ0) is 17.4. The van der Waals surface area contributed by atoms with Crippen LogP contribution < -0.4 is 10.1 Å². The fraction of sp³-hybridized carbons (Fsp3) is 0.235. The molecule has 2 aromatic heterocycles. The van der Waals surface area contributed by atoms with E-state index in [1.54, 1.807) is 29.7 Å². The van der Waals surface area contributed by atoms with Gasteiger partial charge in [-0.15, -0.1) is 5.10 Å². The smallest absolute Gasteiger partial charge is 0.262 e. The van der Waals surface area contributed by atoms with Crippen molar-refractivity contribution in [3.8, 4) is 17.1 Å². The molecule has 3 aromatic rings. The number of rotatable bonds is 4. The summed E-state index contributed by atoms with van der Waals surface area (Å²) in [5.41, 5.74) is 3.09. The average Bonchev–Trinajstić information content (AvgIpc) is 3.29. The van der Waals surface area contributed by atoms with E-state index in [0.717, 1.165) is 28.7 Å². The van der Waals surface area contributed by atoms with Crippen LogP contribution >= 0.6 is 11.8 Å². The molecule has 25 heavy (non-hydrogen) atoms. The molecule has 1 N–H and O–H groups in total. The Morgan fingerprint density at radius 1 is 1.28 bits per heavy atom. The lowest BCUT2D eigenvalue weighted by atomic mass is 10.1. The number of aryl methyl sites for hydroxylation is 2. The molecule has 3 heterocycles. The normalized spacial score (nSPS) is 12.9. The SMILES string of the molecule is COc1nn(C)cc1C(=O)Nc1ccc(-c2cn3c(n2)SCC3)cc1. The second-order valence-corrected chi connectivity index (χ2v) is 6.77. The van der Waals surface area contributed by atoms with Crippen LogP contribution in [0.2, 0.25) is 0 Å². The molecule has 7 nitrogen and oxygen atoms in total. The molecule has 0 radical (unpaired) electrons. The minimum absolute atomic E-state index is 0.255. The number of ether oxygens (including phenoxy) is 1. The Labute approximate surface area is 149 Å². The Kier molecular flexibility index (Phi) is 3.96. The number of carbonyl (C=O) groups is 1. The van der Waals surface area contributed by atoms with Crippen LogP contribution in [0.15, 0.2) is 41.8 Å². The molecule has 0 spiro atoms. The molecule has 0 atom stereocenters. The lowest BCUT2D eigenvalue weighted by Gasteiger charge is -2.05. The summed E-state index contributed by atoms with van der Waals surface area (Å²) in [6, 6.07) is 7.65. The highest BCUT2D eigenvalue weighted by Gasteiger charge is 2.17. The van der Waals surface area contributed by atoms with Gasteiger partial charge in [0.25, 0.3) is 5.91 Å². The first kappa shape index (κ1) is 15.8. The molecule has 1 aliphatic heterocycles. The van der Waals surface area contributed by atoms with Gasteiger partial charge in [0, 0.05) is 43.0 Å². The third-order valence-electron chi connectivity index (χ3n) is 3.97. The summed E-state index contributed by atoms with van der Waals surface area (Å²) in [6.45, 7) is 1.01. The summed E-state index contributed by atoms with van der Waals surface area (Å²) >= 11 is 1.77. The highest BCUT2D eigenvalue weighted by atomic mass is 32.2. The van der Waals surface area contributed by atoms with Crippen LogP contribution in [0.25, 0.3) is 11.3 Å². The Balaban J connectivity index is 1.51. The molecule has 1 aliphatic rings. The summed E-state index contributed by atoms with van der Waals surface area (Å²) < 4.78 is 8.85. The molecular weight excluding hydrogens is 338 g/mol. The second-order valence-electron chi connectivity index (χ2n) is 5.71. The number of nitrogens with one attached hydrogen (secondary N) is 1. The summed E-state index contributed by atoms with van der Waals surface area (Å²) in [6.07, 6.45) is 3.70. The van der Waals surface area contributed by atoms with Crippen molar-refractivity contribution in [2.45, 2.75) is 11.7 Å². The number of fused-ring (bicyclic) bond motifs is 1. The Morgan fingerprint density at radius 3 is 2.80 bits per heavy atom. The molecule has 4 rings (SSSR count). The first-order valence-electron chi connectivity index (χ1n) is 7.83. The molecule has 0 fully saturated rings. The molecule has 0 unspecified atom stereocenters. The van der Waals surface area contributed by atoms with Crippen molar-refractivity contribution in [2.24, 2.45) is 7.05 Å². The number of thioether (sulfide) groups is 1.